The second kappa shape index (κ2) is 6.02. The predicted octanol–water partition coefficient (Wildman–Crippen LogP) is 2.92. The largest absolute Gasteiger partial charge is 0.309 e. The summed E-state index contributed by atoms with van der Waals surface area (Å²) in [5.74, 6) is 0. The lowest BCUT2D eigenvalue weighted by molar-refractivity contribution is 0.107. The standard InChI is InChI=1S/C16H27N3/c1-5-17-15(14-9-8-13(2)18-12-14)16(3,4)19-10-6-7-11-19/h8-9,12,15,17H,5-7,10-11H2,1-4H3. The van der Waals surface area contributed by atoms with Gasteiger partial charge in [0.2, 0.25) is 0 Å². The maximum atomic E-state index is 4.46. The second-order valence-corrected chi connectivity index (χ2v) is 6.07. The second-order valence-electron chi connectivity index (χ2n) is 6.07. The average molecular weight is 261 g/mol. The Hall–Kier alpha value is -0.930. The Balaban J connectivity index is 2.25. The number of pyridine rings is 1. The zero-order chi connectivity index (χ0) is 13.9. The van der Waals surface area contributed by atoms with Crippen molar-refractivity contribution in [2.45, 2.75) is 52.1 Å². The molecule has 106 valence electrons. The van der Waals surface area contributed by atoms with Crippen LogP contribution < -0.4 is 5.32 Å². The molecule has 1 aliphatic rings. The van der Waals surface area contributed by atoms with Gasteiger partial charge in [-0.15, -0.1) is 0 Å². The molecule has 3 nitrogen and oxygen atoms in total. The van der Waals surface area contributed by atoms with E-state index in [9.17, 15) is 0 Å². The van der Waals surface area contributed by atoms with Crippen LogP contribution >= 0.6 is 0 Å². The van der Waals surface area contributed by atoms with Gasteiger partial charge in [0.25, 0.3) is 0 Å². The van der Waals surface area contributed by atoms with Crippen LogP contribution in [-0.2, 0) is 0 Å². The Kier molecular flexibility index (Phi) is 4.58. The lowest BCUT2D eigenvalue weighted by Gasteiger charge is -2.42. The predicted molar refractivity (Wildman–Crippen MR) is 80.3 cm³/mol. The first-order chi connectivity index (χ1) is 9.05. The number of hydrogen-bond donors (Lipinski definition) is 1. The Morgan fingerprint density at radius 2 is 2.00 bits per heavy atom. The van der Waals surface area contributed by atoms with E-state index in [1.165, 1.54) is 31.5 Å². The SMILES string of the molecule is CCNC(c1ccc(C)nc1)C(C)(C)N1CCCC1. The Morgan fingerprint density at radius 1 is 1.32 bits per heavy atom. The molecule has 2 rings (SSSR count). The number of likely N-dealkylation sites (tertiary alicyclic amines) is 1. The summed E-state index contributed by atoms with van der Waals surface area (Å²) in [7, 11) is 0. The topological polar surface area (TPSA) is 28.2 Å². The summed E-state index contributed by atoms with van der Waals surface area (Å²) in [5.41, 5.74) is 2.51. The van der Waals surface area contributed by atoms with Crippen molar-refractivity contribution in [1.82, 2.24) is 15.2 Å². The van der Waals surface area contributed by atoms with Crippen LogP contribution in [0.15, 0.2) is 18.3 Å². The van der Waals surface area contributed by atoms with Crippen LogP contribution in [0, 0.1) is 6.92 Å². The van der Waals surface area contributed by atoms with Gasteiger partial charge in [0, 0.05) is 17.4 Å². The maximum absolute atomic E-state index is 4.46. The summed E-state index contributed by atoms with van der Waals surface area (Å²) in [6.45, 7) is 12.3. The summed E-state index contributed by atoms with van der Waals surface area (Å²) in [4.78, 5) is 7.08. The van der Waals surface area contributed by atoms with E-state index in [2.05, 4.69) is 48.1 Å². The molecule has 3 heteroatoms. The van der Waals surface area contributed by atoms with E-state index in [4.69, 9.17) is 0 Å². The molecule has 1 aliphatic heterocycles. The molecule has 1 aromatic heterocycles. The van der Waals surface area contributed by atoms with E-state index >= 15 is 0 Å². The highest BCUT2D eigenvalue weighted by atomic mass is 15.2. The fourth-order valence-corrected chi connectivity index (χ4v) is 3.11. The van der Waals surface area contributed by atoms with Crippen molar-refractivity contribution in [2.24, 2.45) is 0 Å². The number of aryl methyl sites for hydroxylation is 1. The summed E-state index contributed by atoms with van der Waals surface area (Å²) < 4.78 is 0. The molecule has 2 heterocycles. The molecule has 1 N–H and O–H groups in total. The minimum absolute atomic E-state index is 0.128. The van der Waals surface area contributed by atoms with Gasteiger partial charge in [0.05, 0.1) is 6.04 Å². The molecule has 1 saturated heterocycles. The van der Waals surface area contributed by atoms with Gasteiger partial charge in [-0.2, -0.15) is 0 Å². The average Bonchev–Trinajstić information content (AvgIpc) is 2.92. The summed E-state index contributed by atoms with van der Waals surface area (Å²) in [5, 5.41) is 3.65. The van der Waals surface area contributed by atoms with Crippen LogP contribution in [0.4, 0.5) is 0 Å². The maximum Gasteiger partial charge on any atom is 0.0517 e. The quantitative estimate of drug-likeness (QED) is 0.883. The molecule has 0 radical (unpaired) electrons. The number of hydrogen-bond acceptors (Lipinski definition) is 3. The van der Waals surface area contributed by atoms with Crippen molar-refractivity contribution in [2.75, 3.05) is 19.6 Å². The first-order valence-electron chi connectivity index (χ1n) is 7.46. The Bertz CT molecular complexity index is 391. The van der Waals surface area contributed by atoms with E-state index in [-0.39, 0.29) is 5.54 Å². The van der Waals surface area contributed by atoms with Gasteiger partial charge < -0.3 is 5.32 Å². The number of likely N-dealkylation sites (N-methyl/N-ethyl adjacent to an activating group) is 1. The molecule has 1 unspecified atom stereocenters. The number of rotatable bonds is 5. The monoisotopic (exact) mass is 261 g/mol. The fraction of sp³-hybridized carbons (Fsp3) is 0.688. The zero-order valence-electron chi connectivity index (χ0n) is 12.7. The lowest BCUT2D eigenvalue weighted by atomic mass is 9.87. The van der Waals surface area contributed by atoms with E-state index in [1.54, 1.807) is 0 Å². The molecule has 0 aromatic carbocycles. The smallest absolute Gasteiger partial charge is 0.0517 e. The van der Waals surface area contributed by atoms with Crippen LogP contribution in [0.5, 0.6) is 0 Å². The van der Waals surface area contributed by atoms with Gasteiger partial charge in [-0.1, -0.05) is 13.0 Å². The minimum atomic E-state index is 0.128. The molecule has 1 fully saturated rings. The summed E-state index contributed by atoms with van der Waals surface area (Å²) >= 11 is 0. The van der Waals surface area contributed by atoms with E-state index in [0.717, 1.165) is 12.2 Å². The van der Waals surface area contributed by atoms with E-state index in [0.29, 0.717) is 6.04 Å². The lowest BCUT2D eigenvalue weighted by Crippen LogP contribution is -2.51. The van der Waals surface area contributed by atoms with Crippen molar-refractivity contribution < 1.29 is 0 Å². The highest BCUT2D eigenvalue weighted by Gasteiger charge is 2.37. The first-order valence-corrected chi connectivity index (χ1v) is 7.46. The fourth-order valence-electron chi connectivity index (χ4n) is 3.11. The molecular formula is C16H27N3. The third-order valence-electron chi connectivity index (χ3n) is 4.30. The van der Waals surface area contributed by atoms with Gasteiger partial charge in [-0.25, -0.2) is 0 Å². The van der Waals surface area contributed by atoms with Gasteiger partial charge >= 0.3 is 0 Å². The van der Waals surface area contributed by atoms with Gasteiger partial charge in [-0.05, 0) is 64.9 Å². The number of nitrogens with one attached hydrogen (secondary N) is 1. The van der Waals surface area contributed by atoms with E-state index in [1.807, 2.05) is 13.1 Å². The molecule has 1 atom stereocenters. The minimum Gasteiger partial charge on any atom is -0.309 e. The van der Waals surface area contributed by atoms with Crippen molar-refractivity contribution in [3.05, 3.63) is 29.6 Å². The number of nitrogens with zero attached hydrogens (tertiary/aromatic N) is 2. The summed E-state index contributed by atoms with van der Waals surface area (Å²) in [6, 6.07) is 4.66. The van der Waals surface area contributed by atoms with Crippen LogP contribution in [0.2, 0.25) is 0 Å². The molecule has 1 aromatic rings. The zero-order valence-corrected chi connectivity index (χ0v) is 12.7. The Labute approximate surface area is 117 Å². The van der Waals surface area contributed by atoms with Crippen LogP contribution in [0.25, 0.3) is 0 Å². The summed E-state index contributed by atoms with van der Waals surface area (Å²) in [6.07, 6.45) is 4.68. The third kappa shape index (κ3) is 3.15. The van der Waals surface area contributed by atoms with Crippen LogP contribution in [0.1, 0.15) is 50.9 Å². The van der Waals surface area contributed by atoms with Crippen molar-refractivity contribution in [3.63, 3.8) is 0 Å². The molecule has 0 aliphatic carbocycles. The third-order valence-corrected chi connectivity index (χ3v) is 4.30. The molecule has 0 saturated carbocycles. The normalized spacial score (nSPS) is 18.7. The van der Waals surface area contributed by atoms with E-state index < -0.39 is 0 Å². The molecule has 0 bridgehead atoms. The number of aromatic nitrogens is 1. The van der Waals surface area contributed by atoms with Gasteiger partial charge in [-0.3, -0.25) is 9.88 Å². The highest BCUT2D eigenvalue weighted by molar-refractivity contribution is 5.21. The van der Waals surface area contributed by atoms with Crippen LogP contribution in [-0.4, -0.2) is 35.1 Å². The van der Waals surface area contributed by atoms with Crippen molar-refractivity contribution in [3.8, 4) is 0 Å². The molecule has 19 heavy (non-hydrogen) atoms. The first kappa shape index (κ1) is 14.5. The Morgan fingerprint density at radius 3 is 2.53 bits per heavy atom. The molecule has 0 spiro atoms. The highest BCUT2D eigenvalue weighted by Crippen LogP contribution is 2.33. The van der Waals surface area contributed by atoms with Gasteiger partial charge in [0.1, 0.15) is 0 Å². The molecular weight excluding hydrogens is 234 g/mol. The van der Waals surface area contributed by atoms with Crippen molar-refractivity contribution in [1.29, 1.82) is 0 Å². The van der Waals surface area contributed by atoms with Crippen molar-refractivity contribution >= 4 is 0 Å². The van der Waals surface area contributed by atoms with Crippen LogP contribution in [0.3, 0.4) is 0 Å². The molecule has 0 amide bonds. The van der Waals surface area contributed by atoms with Gasteiger partial charge in [0.15, 0.2) is 0 Å².